The van der Waals surface area contributed by atoms with Crippen LogP contribution in [0.1, 0.15) is 27.9 Å². The summed E-state index contributed by atoms with van der Waals surface area (Å²) in [5.74, 6) is -0.543. The van der Waals surface area contributed by atoms with Crippen LogP contribution in [0.15, 0.2) is 78.0 Å². The van der Waals surface area contributed by atoms with Gasteiger partial charge in [-0.1, -0.05) is 18.2 Å². The third kappa shape index (κ3) is 5.78. The number of hydrogen-bond acceptors (Lipinski definition) is 8. The van der Waals surface area contributed by atoms with Gasteiger partial charge in [0.1, 0.15) is 0 Å². The number of methoxy groups -OCH3 is 1. The summed E-state index contributed by atoms with van der Waals surface area (Å²) in [5.41, 5.74) is 4.05. The van der Waals surface area contributed by atoms with Crippen LogP contribution in [0.5, 0.6) is 5.88 Å². The molecule has 0 saturated carbocycles. The molecule has 10 nitrogen and oxygen atoms in total. The van der Waals surface area contributed by atoms with E-state index in [9.17, 15) is 14.7 Å². The number of benzene rings is 3. The zero-order valence-corrected chi connectivity index (χ0v) is 23.3. The molecule has 0 bridgehead atoms. The lowest BCUT2D eigenvalue weighted by Gasteiger charge is -2.19. The molecule has 2 aromatic heterocycles. The van der Waals surface area contributed by atoms with Gasteiger partial charge in [0.05, 0.1) is 42.0 Å². The Balaban J connectivity index is 1.59. The Morgan fingerprint density at radius 1 is 0.927 bits per heavy atom. The monoisotopic (exact) mass is 550 g/mol. The average Bonchev–Trinajstić information content (AvgIpc) is 3.32. The highest BCUT2D eigenvalue weighted by Gasteiger charge is 2.21. The maximum Gasteiger partial charge on any atom is 0.337 e. The van der Waals surface area contributed by atoms with Gasteiger partial charge in [-0.2, -0.15) is 10.2 Å². The molecule has 0 aliphatic rings. The zero-order chi connectivity index (χ0) is 29.1. The van der Waals surface area contributed by atoms with Crippen LogP contribution >= 0.6 is 0 Å². The highest BCUT2D eigenvalue weighted by Crippen LogP contribution is 2.33. The molecule has 41 heavy (non-hydrogen) atoms. The molecule has 5 aromatic rings. The Morgan fingerprint density at radius 2 is 1.63 bits per heavy atom. The van der Waals surface area contributed by atoms with Gasteiger partial charge in [0.15, 0.2) is 5.88 Å². The number of carbonyl (C=O) groups excluding carboxylic acids is 2. The maximum absolute atomic E-state index is 12.6. The topological polar surface area (TPSA) is 124 Å². The predicted molar refractivity (Wildman–Crippen MR) is 159 cm³/mol. The predicted octanol–water partition coefficient (Wildman–Crippen LogP) is 4.69. The molecular formula is C31H30N6O4. The molecule has 1 amide bonds. The number of anilines is 1. The lowest BCUT2D eigenvalue weighted by Crippen LogP contribution is -2.29. The molecule has 0 aliphatic heterocycles. The van der Waals surface area contributed by atoms with Gasteiger partial charge in [0.2, 0.25) is 5.91 Å². The Hall–Kier alpha value is -5.09. The van der Waals surface area contributed by atoms with Crippen molar-refractivity contribution in [3.63, 3.8) is 0 Å². The van der Waals surface area contributed by atoms with Crippen LogP contribution in [0.25, 0.3) is 21.7 Å². The first kappa shape index (κ1) is 27.5. The first-order chi connectivity index (χ1) is 19.7. The Morgan fingerprint density at radius 3 is 2.34 bits per heavy atom. The summed E-state index contributed by atoms with van der Waals surface area (Å²) in [6.07, 6.45) is 3.77. The Kier molecular flexibility index (Phi) is 7.75. The van der Waals surface area contributed by atoms with Gasteiger partial charge in [-0.25, -0.2) is 9.79 Å². The molecular weight excluding hydrogens is 520 g/mol. The first-order valence-corrected chi connectivity index (χ1v) is 13.0. The van der Waals surface area contributed by atoms with Crippen molar-refractivity contribution in [2.24, 2.45) is 4.99 Å². The van der Waals surface area contributed by atoms with E-state index in [2.05, 4.69) is 15.2 Å². The number of ether oxygens (including phenoxy) is 1. The van der Waals surface area contributed by atoms with Crippen LogP contribution in [0.3, 0.4) is 0 Å². The second-order valence-corrected chi connectivity index (χ2v) is 9.92. The van der Waals surface area contributed by atoms with Gasteiger partial charge in [0, 0.05) is 52.9 Å². The van der Waals surface area contributed by atoms with Gasteiger partial charge in [-0.15, -0.1) is 0 Å². The summed E-state index contributed by atoms with van der Waals surface area (Å²) in [5, 5.41) is 21.5. The highest BCUT2D eigenvalue weighted by molar-refractivity contribution is 6.22. The van der Waals surface area contributed by atoms with E-state index in [0.29, 0.717) is 46.4 Å². The van der Waals surface area contributed by atoms with Crippen molar-refractivity contribution in [3.8, 4) is 5.88 Å². The van der Waals surface area contributed by atoms with Crippen molar-refractivity contribution in [2.45, 2.75) is 6.42 Å². The molecule has 0 atom stereocenters. The standard InChI is InChI=1S/C31H30N6O4/c1-36(2)14-13-27(38)37(3)24-10-8-23(9-11-24)34-29(19-5-6-21-17-32-33-18-22(21)15-19)28-25-12-7-20(31(40)41-4)16-26(25)35-30(28)39/h5-12,15-18,35,39H,13-14H2,1-4H3. The zero-order valence-electron chi connectivity index (χ0n) is 23.3. The van der Waals surface area contributed by atoms with Crippen LogP contribution in [-0.4, -0.2) is 77.6 Å². The lowest BCUT2D eigenvalue weighted by atomic mass is 9.98. The van der Waals surface area contributed by atoms with Crippen molar-refractivity contribution in [1.29, 1.82) is 0 Å². The number of esters is 1. The summed E-state index contributed by atoms with van der Waals surface area (Å²) in [6.45, 7) is 0.668. The third-order valence-electron chi connectivity index (χ3n) is 6.88. The number of nitrogens with zero attached hydrogens (tertiary/aromatic N) is 5. The first-order valence-electron chi connectivity index (χ1n) is 13.0. The molecule has 0 unspecified atom stereocenters. The van der Waals surface area contributed by atoms with Crippen LogP contribution in [-0.2, 0) is 9.53 Å². The fourth-order valence-corrected chi connectivity index (χ4v) is 4.59. The molecule has 3 aromatic carbocycles. The van der Waals surface area contributed by atoms with Crippen LogP contribution in [0.2, 0.25) is 0 Å². The second-order valence-electron chi connectivity index (χ2n) is 9.92. The SMILES string of the molecule is COC(=O)c1ccc2c(C(=Nc3ccc(N(C)C(=O)CCN(C)C)cc3)c3ccc4cnncc4c3)c(O)[nH]c2c1. The molecule has 0 radical (unpaired) electrons. The molecule has 0 fully saturated rings. The minimum atomic E-state index is -0.475. The Labute approximate surface area is 236 Å². The van der Waals surface area contributed by atoms with E-state index < -0.39 is 5.97 Å². The van der Waals surface area contributed by atoms with E-state index in [4.69, 9.17) is 9.73 Å². The number of hydrogen-bond donors (Lipinski definition) is 2. The summed E-state index contributed by atoms with van der Waals surface area (Å²) in [4.78, 5) is 36.2. The smallest absolute Gasteiger partial charge is 0.337 e. The molecule has 208 valence electrons. The van der Waals surface area contributed by atoms with Gasteiger partial charge in [0.25, 0.3) is 0 Å². The van der Waals surface area contributed by atoms with Crippen molar-refractivity contribution < 1.29 is 19.4 Å². The molecule has 0 saturated heterocycles. The van der Waals surface area contributed by atoms with E-state index in [0.717, 1.165) is 22.0 Å². The quantitative estimate of drug-likeness (QED) is 0.212. The van der Waals surface area contributed by atoms with Crippen molar-refractivity contribution >= 4 is 50.6 Å². The van der Waals surface area contributed by atoms with Crippen molar-refractivity contribution in [2.75, 3.05) is 39.7 Å². The number of aliphatic imine (C=N–C) groups is 1. The average molecular weight is 551 g/mol. The number of carbonyl (C=O) groups is 2. The molecule has 2 heterocycles. The van der Waals surface area contributed by atoms with E-state index in [1.807, 2.05) is 61.5 Å². The molecule has 10 heteroatoms. The second kappa shape index (κ2) is 11.6. The molecule has 2 N–H and O–H groups in total. The van der Waals surface area contributed by atoms with E-state index in [1.165, 1.54) is 7.11 Å². The van der Waals surface area contributed by atoms with Gasteiger partial charge < -0.3 is 24.6 Å². The number of H-pyrrole nitrogens is 1. The van der Waals surface area contributed by atoms with E-state index in [-0.39, 0.29) is 11.8 Å². The number of aromatic amines is 1. The van der Waals surface area contributed by atoms with E-state index >= 15 is 0 Å². The summed E-state index contributed by atoms with van der Waals surface area (Å²) < 4.78 is 4.85. The number of aromatic nitrogens is 3. The van der Waals surface area contributed by atoms with Crippen molar-refractivity contribution in [3.05, 3.63) is 89.7 Å². The number of amides is 1. The fourth-order valence-electron chi connectivity index (χ4n) is 4.59. The number of aromatic hydroxyl groups is 1. The fraction of sp³-hybridized carbons (Fsp3) is 0.194. The number of fused-ring (bicyclic) bond motifs is 2. The number of rotatable bonds is 8. The van der Waals surface area contributed by atoms with Crippen LogP contribution < -0.4 is 4.90 Å². The van der Waals surface area contributed by atoms with E-state index in [1.54, 1.807) is 42.5 Å². The summed E-state index contributed by atoms with van der Waals surface area (Å²) in [6, 6.07) is 18.2. The van der Waals surface area contributed by atoms with Crippen LogP contribution in [0.4, 0.5) is 11.4 Å². The highest BCUT2D eigenvalue weighted by atomic mass is 16.5. The maximum atomic E-state index is 12.6. The van der Waals surface area contributed by atoms with Gasteiger partial charge in [-0.05, 0) is 56.6 Å². The van der Waals surface area contributed by atoms with Gasteiger partial charge >= 0.3 is 5.97 Å². The summed E-state index contributed by atoms with van der Waals surface area (Å²) >= 11 is 0. The Bertz CT molecular complexity index is 1780. The molecule has 0 aliphatic carbocycles. The summed E-state index contributed by atoms with van der Waals surface area (Å²) in [7, 11) is 6.95. The van der Waals surface area contributed by atoms with Crippen LogP contribution in [0, 0.1) is 0 Å². The van der Waals surface area contributed by atoms with Crippen molar-refractivity contribution in [1.82, 2.24) is 20.1 Å². The molecule has 0 spiro atoms. The lowest BCUT2D eigenvalue weighted by molar-refractivity contribution is -0.118. The number of nitrogens with one attached hydrogen (secondary N) is 1. The normalized spacial score (nSPS) is 11.8. The molecule has 5 rings (SSSR count). The largest absolute Gasteiger partial charge is 0.494 e. The minimum absolute atomic E-state index is 0.0185. The third-order valence-corrected chi connectivity index (χ3v) is 6.88. The minimum Gasteiger partial charge on any atom is -0.494 e. The van der Waals surface area contributed by atoms with Gasteiger partial charge in [-0.3, -0.25) is 4.79 Å².